The molecule has 2 amide bonds. The fourth-order valence-electron chi connectivity index (χ4n) is 4.93. The van der Waals surface area contributed by atoms with E-state index in [1.54, 1.807) is 18.2 Å². The average Bonchev–Trinajstić information content (AvgIpc) is 3.62. The van der Waals surface area contributed by atoms with Crippen LogP contribution in [0.3, 0.4) is 0 Å². The van der Waals surface area contributed by atoms with Crippen LogP contribution in [0.25, 0.3) is 0 Å². The molecule has 34 heavy (non-hydrogen) atoms. The highest BCUT2D eigenvalue weighted by molar-refractivity contribution is 7.89. The summed E-state index contributed by atoms with van der Waals surface area (Å²) in [7, 11) is -3.79. The van der Waals surface area contributed by atoms with Crippen molar-refractivity contribution >= 4 is 33.2 Å². The Morgan fingerprint density at radius 2 is 1.76 bits per heavy atom. The van der Waals surface area contributed by atoms with Gasteiger partial charge in [0, 0.05) is 36.4 Å². The van der Waals surface area contributed by atoms with Crippen molar-refractivity contribution in [3.63, 3.8) is 0 Å². The predicted molar refractivity (Wildman–Crippen MR) is 126 cm³/mol. The number of carbonyl (C=O) groups is 2. The molecule has 0 aromatic heterocycles. The zero-order chi connectivity index (χ0) is 24.0. The fourth-order valence-corrected chi connectivity index (χ4v) is 6.51. The maximum absolute atomic E-state index is 13.4. The summed E-state index contributed by atoms with van der Waals surface area (Å²) in [5, 5.41) is 2.75. The predicted octanol–water partition coefficient (Wildman–Crippen LogP) is 3.55. The van der Waals surface area contributed by atoms with Gasteiger partial charge in [-0.2, -0.15) is 4.31 Å². The largest absolute Gasteiger partial charge is 0.326 e. The summed E-state index contributed by atoms with van der Waals surface area (Å²) in [5.41, 5.74) is 2.15. The van der Waals surface area contributed by atoms with E-state index in [-0.39, 0.29) is 35.2 Å². The normalized spacial score (nSPS) is 22.9. The van der Waals surface area contributed by atoms with Gasteiger partial charge in [-0.25, -0.2) is 12.8 Å². The number of carbonyl (C=O) groups excluding carboxylic acids is 2. The highest BCUT2D eigenvalue weighted by Gasteiger charge is 2.40. The van der Waals surface area contributed by atoms with Crippen LogP contribution in [0.15, 0.2) is 47.4 Å². The fraction of sp³-hybridized carbons (Fsp3) is 0.440. The molecule has 2 aromatic carbocycles. The van der Waals surface area contributed by atoms with Crippen molar-refractivity contribution in [3.8, 4) is 0 Å². The molecule has 1 saturated carbocycles. The first kappa shape index (κ1) is 23.0. The molecule has 5 rings (SSSR count). The van der Waals surface area contributed by atoms with Crippen LogP contribution in [0.5, 0.6) is 0 Å². The van der Waals surface area contributed by atoms with Crippen molar-refractivity contribution in [2.45, 2.75) is 50.0 Å². The number of fused-ring (bicyclic) bond motifs is 1. The van der Waals surface area contributed by atoms with Gasteiger partial charge >= 0.3 is 0 Å². The molecule has 0 bridgehead atoms. The maximum atomic E-state index is 13.4. The van der Waals surface area contributed by atoms with Gasteiger partial charge in [-0.15, -0.1) is 0 Å². The van der Waals surface area contributed by atoms with Crippen LogP contribution in [0, 0.1) is 17.7 Å². The second-order valence-electron chi connectivity index (χ2n) is 9.52. The number of sulfonamides is 1. The third-order valence-electron chi connectivity index (χ3n) is 6.94. The number of piperidine rings is 1. The van der Waals surface area contributed by atoms with Crippen molar-refractivity contribution in [2.75, 3.05) is 23.3 Å². The number of anilines is 2. The molecular weight excluding hydrogens is 457 g/mol. The minimum atomic E-state index is -3.79. The molecular formula is C25H28FN3O4S. The van der Waals surface area contributed by atoms with E-state index in [9.17, 15) is 22.4 Å². The van der Waals surface area contributed by atoms with E-state index in [1.807, 2.05) is 11.8 Å². The van der Waals surface area contributed by atoms with Gasteiger partial charge in [-0.3, -0.25) is 9.59 Å². The third-order valence-corrected chi connectivity index (χ3v) is 8.80. The molecule has 2 aliphatic heterocycles. The van der Waals surface area contributed by atoms with Gasteiger partial charge in [-0.1, -0.05) is 0 Å². The minimum absolute atomic E-state index is 0.00979. The smallest absolute Gasteiger partial charge is 0.243 e. The van der Waals surface area contributed by atoms with Gasteiger partial charge in [0.1, 0.15) is 5.82 Å². The zero-order valence-corrected chi connectivity index (χ0v) is 19.9. The number of rotatable bonds is 5. The molecule has 2 fully saturated rings. The molecule has 1 saturated heterocycles. The SMILES string of the molecule is C[C@@H]1Cc2cc(S(=O)(=O)N3CCC[C@@H](C(=O)Nc4ccc(F)cc4)C3)ccc2N1C(=O)C1CC1. The summed E-state index contributed by atoms with van der Waals surface area (Å²) in [5.74, 6) is -0.925. The van der Waals surface area contributed by atoms with E-state index in [0.717, 1.165) is 24.1 Å². The van der Waals surface area contributed by atoms with Crippen molar-refractivity contribution in [3.05, 3.63) is 53.8 Å². The van der Waals surface area contributed by atoms with E-state index in [2.05, 4.69) is 5.32 Å². The molecule has 1 aliphatic carbocycles. The quantitative estimate of drug-likeness (QED) is 0.702. The Labute approximate surface area is 199 Å². The topological polar surface area (TPSA) is 86.8 Å². The Kier molecular flexibility index (Phi) is 5.93. The lowest BCUT2D eigenvalue weighted by molar-refractivity contribution is -0.121. The Morgan fingerprint density at radius 3 is 2.47 bits per heavy atom. The van der Waals surface area contributed by atoms with Gasteiger partial charge in [0.05, 0.1) is 10.8 Å². The second-order valence-corrected chi connectivity index (χ2v) is 11.5. The molecule has 1 N–H and O–H groups in total. The number of amides is 2. The van der Waals surface area contributed by atoms with Gasteiger partial charge in [0.25, 0.3) is 0 Å². The van der Waals surface area contributed by atoms with Crippen molar-refractivity contribution in [1.82, 2.24) is 4.31 Å². The molecule has 3 aliphatic rings. The van der Waals surface area contributed by atoms with Crippen molar-refractivity contribution in [1.29, 1.82) is 0 Å². The lowest BCUT2D eigenvalue weighted by Gasteiger charge is -2.31. The number of hydrogen-bond donors (Lipinski definition) is 1. The molecule has 2 heterocycles. The van der Waals surface area contributed by atoms with Gasteiger partial charge < -0.3 is 10.2 Å². The summed E-state index contributed by atoms with van der Waals surface area (Å²) in [6.07, 6.45) is 3.63. The third kappa shape index (κ3) is 4.34. The van der Waals surface area contributed by atoms with E-state index in [0.29, 0.717) is 31.5 Å². The molecule has 9 heteroatoms. The van der Waals surface area contributed by atoms with Gasteiger partial charge in [-0.05, 0) is 87.1 Å². The Morgan fingerprint density at radius 1 is 1.03 bits per heavy atom. The van der Waals surface area contributed by atoms with E-state index >= 15 is 0 Å². The van der Waals surface area contributed by atoms with E-state index in [1.165, 1.54) is 28.6 Å². The van der Waals surface area contributed by atoms with Crippen LogP contribution in [0.1, 0.15) is 38.2 Å². The standard InChI is InChI=1S/C25H28FN3O4S/c1-16-13-19-14-22(10-11-23(19)29(16)25(31)17-4-5-17)34(32,33)28-12-2-3-18(15-28)24(30)27-21-8-6-20(26)7-9-21/h6-11,14,16-18H,2-5,12-13,15H2,1H3,(H,27,30)/t16-,18-/m1/s1. The summed E-state index contributed by atoms with van der Waals surface area (Å²) in [4.78, 5) is 27.5. The number of nitrogens with zero attached hydrogens (tertiary/aromatic N) is 2. The maximum Gasteiger partial charge on any atom is 0.243 e. The van der Waals surface area contributed by atoms with Gasteiger partial charge in [0.2, 0.25) is 21.8 Å². The lowest BCUT2D eigenvalue weighted by atomic mass is 9.99. The highest BCUT2D eigenvalue weighted by Crippen LogP contribution is 2.40. The Hall–Kier alpha value is -2.78. The van der Waals surface area contributed by atoms with Crippen LogP contribution in [0.4, 0.5) is 15.8 Å². The molecule has 7 nitrogen and oxygen atoms in total. The number of hydrogen-bond acceptors (Lipinski definition) is 4. The highest BCUT2D eigenvalue weighted by atomic mass is 32.2. The molecule has 180 valence electrons. The lowest BCUT2D eigenvalue weighted by Crippen LogP contribution is -2.43. The van der Waals surface area contributed by atoms with Gasteiger partial charge in [0.15, 0.2) is 0 Å². The molecule has 0 unspecified atom stereocenters. The van der Waals surface area contributed by atoms with Crippen LogP contribution < -0.4 is 10.2 Å². The van der Waals surface area contributed by atoms with Crippen LogP contribution >= 0.6 is 0 Å². The van der Waals surface area contributed by atoms with Crippen LogP contribution in [0.2, 0.25) is 0 Å². The molecule has 2 atom stereocenters. The number of nitrogens with one attached hydrogen (secondary N) is 1. The summed E-state index contributed by atoms with van der Waals surface area (Å²) < 4.78 is 41.4. The Balaban J connectivity index is 1.31. The molecule has 0 radical (unpaired) electrons. The van der Waals surface area contributed by atoms with Crippen molar-refractivity contribution < 1.29 is 22.4 Å². The number of halogens is 1. The molecule has 0 spiro atoms. The van der Waals surface area contributed by atoms with E-state index in [4.69, 9.17) is 0 Å². The average molecular weight is 486 g/mol. The zero-order valence-electron chi connectivity index (χ0n) is 19.0. The first-order valence-corrected chi connectivity index (χ1v) is 13.2. The molecule has 2 aromatic rings. The van der Waals surface area contributed by atoms with Crippen molar-refractivity contribution in [2.24, 2.45) is 11.8 Å². The first-order valence-electron chi connectivity index (χ1n) is 11.8. The number of benzene rings is 2. The monoisotopic (exact) mass is 485 g/mol. The second kappa shape index (κ2) is 8.78. The Bertz CT molecular complexity index is 1230. The van der Waals surface area contributed by atoms with Crippen LogP contribution in [-0.2, 0) is 26.0 Å². The van der Waals surface area contributed by atoms with E-state index < -0.39 is 21.8 Å². The summed E-state index contributed by atoms with van der Waals surface area (Å²) in [6.45, 7) is 2.43. The summed E-state index contributed by atoms with van der Waals surface area (Å²) >= 11 is 0. The minimum Gasteiger partial charge on any atom is -0.326 e. The first-order chi connectivity index (χ1) is 16.2. The summed E-state index contributed by atoms with van der Waals surface area (Å²) in [6, 6.07) is 10.5. The van der Waals surface area contributed by atoms with Crippen LogP contribution in [-0.4, -0.2) is 43.7 Å².